The summed E-state index contributed by atoms with van der Waals surface area (Å²) in [7, 11) is 1.73. The summed E-state index contributed by atoms with van der Waals surface area (Å²) in [5.41, 5.74) is 1.96. The fourth-order valence-corrected chi connectivity index (χ4v) is 3.32. The molecule has 1 N–H and O–H groups in total. The number of rotatable bonds is 7. The average molecular weight is 441 g/mol. The van der Waals surface area contributed by atoms with Crippen molar-refractivity contribution in [3.63, 3.8) is 0 Å². The standard InChI is InChI=1S/C22H21BrN2O3/c1-25(15-17-10-5-6-11-18(17)23)22(27)19(14-16-8-3-2-4-9-16)24-21(26)20-12-7-13-28-20/h2-13,19H,14-15H2,1H3,(H,24,26). The van der Waals surface area contributed by atoms with Crippen LogP contribution in [0.15, 0.2) is 81.9 Å². The van der Waals surface area contributed by atoms with Gasteiger partial charge in [0.05, 0.1) is 6.26 Å². The molecule has 0 aliphatic carbocycles. The highest BCUT2D eigenvalue weighted by Crippen LogP contribution is 2.18. The fourth-order valence-electron chi connectivity index (χ4n) is 2.91. The predicted octanol–water partition coefficient (Wildman–Crippen LogP) is 4.04. The highest BCUT2D eigenvalue weighted by Gasteiger charge is 2.26. The molecule has 2 aromatic carbocycles. The average Bonchev–Trinajstić information content (AvgIpc) is 3.24. The first-order valence-electron chi connectivity index (χ1n) is 8.91. The molecule has 1 unspecified atom stereocenters. The van der Waals surface area contributed by atoms with Crippen LogP contribution in [-0.2, 0) is 17.8 Å². The topological polar surface area (TPSA) is 62.6 Å². The zero-order chi connectivity index (χ0) is 19.9. The molecule has 0 spiro atoms. The van der Waals surface area contributed by atoms with Gasteiger partial charge in [0, 0.05) is 24.5 Å². The fraction of sp³-hybridized carbons (Fsp3) is 0.182. The number of hydrogen-bond acceptors (Lipinski definition) is 3. The Bertz CT molecular complexity index is 926. The zero-order valence-electron chi connectivity index (χ0n) is 15.5. The number of benzene rings is 2. The van der Waals surface area contributed by atoms with Crippen molar-refractivity contribution >= 4 is 27.7 Å². The molecule has 0 saturated heterocycles. The van der Waals surface area contributed by atoms with E-state index in [-0.39, 0.29) is 11.7 Å². The molecule has 0 bridgehead atoms. The molecule has 144 valence electrons. The van der Waals surface area contributed by atoms with Crippen molar-refractivity contribution < 1.29 is 14.0 Å². The largest absolute Gasteiger partial charge is 0.459 e. The molecule has 3 aromatic rings. The monoisotopic (exact) mass is 440 g/mol. The summed E-state index contributed by atoms with van der Waals surface area (Å²) in [5, 5.41) is 2.81. The molecule has 3 rings (SSSR count). The van der Waals surface area contributed by atoms with Crippen molar-refractivity contribution in [1.82, 2.24) is 10.2 Å². The van der Waals surface area contributed by atoms with Crippen LogP contribution in [0.4, 0.5) is 0 Å². The van der Waals surface area contributed by atoms with E-state index in [0.29, 0.717) is 13.0 Å². The summed E-state index contributed by atoms with van der Waals surface area (Å²) in [6.07, 6.45) is 1.83. The lowest BCUT2D eigenvalue weighted by Crippen LogP contribution is -2.48. The van der Waals surface area contributed by atoms with Gasteiger partial charge in [-0.2, -0.15) is 0 Å². The number of amides is 2. The maximum atomic E-state index is 13.1. The minimum absolute atomic E-state index is 0.167. The first-order valence-corrected chi connectivity index (χ1v) is 9.70. The number of carbonyl (C=O) groups excluding carboxylic acids is 2. The van der Waals surface area contributed by atoms with Gasteiger partial charge >= 0.3 is 0 Å². The number of nitrogens with one attached hydrogen (secondary N) is 1. The van der Waals surface area contributed by atoms with Crippen LogP contribution in [0.25, 0.3) is 0 Å². The smallest absolute Gasteiger partial charge is 0.287 e. The molecule has 28 heavy (non-hydrogen) atoms. The molecule has 5 nitrogen and oxygen atoms in total. The van der Waals surface area contributed by atoms with Crippen LogP contribution in [0.5, 0.6) is 0 Å². The van der Waals surface area contributed by atoms with Gasteiger partial charge in [-0.15, -0.1) is 0 Å². The molecule has 0 fully saturated rings. The van der Waals surface area contributed by atoms with Crippen LogP contribution in [0.1, 0.15) is 21.7 Å². The third-order valence-electron chi connectivity index (χ3n) is 4.37. The molecule has 1 aromatic heterocycles. The number of furan rings is 1. The number of halogens is 1. The third kappa shape index (κ3) is 5.10. The quantitative estimate of drug-likeness (QED) is 0.602. The lowest BCUT2D eigenvalue weighted by atomic mass is 10.0. The van der Waals surface area contributed by atoms with Crippen LogP contribution in [-0.4, -0.2) is 29.8 Å². The van der Waals surface area contributed by atoms with E-state index >= 15 is 0 Å². The van der Waals surface area contributed by atoms with E-state index in [0.717, 1.165) is 15.6 Å². The van der Waals surface area contributed by atoms with Gasteiger partial charge in [0.25, 0.3) is 5.91 Å². The summed E-state index contributed by atoms with van der Waals surface area (Å²) in [4.78, 5) is 27.2. The summed E-state index contributed by atoms with van der Waals surface area (Å²) in [6.45, 7) is 0.433. The maximum absolute atomic E-state index is 13.1. The SMILES string of the molecule is CN(Cc1ccccc1Br)C(=O)C(Cc1ccccc1)NC(=O)c1ccco1. The summed E-state index contributed by atoms with van der Waals surface area (Å²) < 4.78 is 6.09. The van der Waals surface area contributed by atoms with E-state index < -0.39 is 11.9 Å². The molecule has 0 aliphatic rings. The van der Waals surface area contributed by atoms with Gasteiger partial charge in [-0.25, -0.2) is 0 Å². The third-order valence-corrected chi connectivity index (χ3v) is 5.15. The van der Waals surface area contributed by atoms with Gasteiger partial charge in [-0.1, -0.05) is 64.5 Å². The molecule has 0 aliphatic heterocycles. The Hall–Kier alpha value is -2.86. The normalized spacial score (nSPS) is 11.6. The second-order valence-electron chi connectivity index (χ2n) is 6.48. The van der Waals surface area contributed by atoms with Gasteiger partial charge < -0.3 is 14.6 Å². The van der Waals surface area contributed by atoms with Gasteiger partial charge in [0.1, 0.15) is 6.04 Å². The minimum atomic E-state index is -0.701. The van der Waals surface area contributed by atoms with Crippen LogP contribution in [0.3, 0.4) is 0 Å². The van der Waals surface area contributed by atoms with Crippen LogP contribution >= 0.6 is 15.9 Å². The molecule has 0 radical (unpaired) electrons. The molecular weight excluding hydrogens is 420 g/mol. The van der Waals surface area contributed by atoms with Crippen LogP contribution in [0, 0.1) is 0 Å². The maximum Gasteiger partial charge on any atom is 0.287 e. The predicted molar refractivity (Wildman–Crippen MR) is 111 cm³/mol. The molecular formula is C22H21BrN2O3. The van der Waals surface area contributed by atoms with Gasteiger partial charge in [0.15, 0.2) is 5.76 Å². The number of likely N-dealkylation sites (N-methyl/N-ethyl adjacent to an activating group) is 1. The van der Waals surface area contributed by atoms with Crippen molar-refractivity contribution in [2.75, 3.05) is 7.05 Å². The van der Waals surface area contributed by atoms with Crippen molar-refractivity contribution in [3.8, 4) is 0 Å². The first-order chi connectivity index (χ1) is 13.5. The molecule has 0 saturated carbocycles. The van der Waals surface area contributed by atoms with Crippen molar-refractivity contribution in [1.29, 1.82) is 0 Å². The Morgan fingerprint density at radius 2 is 1.75 bits per heavy atom. The minimum Gasteiger partial charge on any atom is -0.459 e. The van der Waals surface area contributed by atoms with Gasteiger partial charge in [-0.05, 0) is 29.3 Å². The van der Waals surface area contributed by atoms with E-state index in [1.54, 1.807) is 24.1 Å². The first kappa shape index (κ1) is 19.9. The van der Waals surface area contributed by atoms with E-state index in [1.165, 1.54) is 6.26 Å². The summed E-state index contributed by atoms with van der Waals surface area (Å²) in [6, 6.07) is 19.9. The number of carbonyl (C=O) groups is 2. The number of nitrogens with zero attached hydrogens (tertiary/aromatic N) is 1. The van der Waals surface area contributed by atoms with E-state index in [4.69, 9.17) is 4.42 Å². The Balaban J connectivity index is 1.77. The lowest BCUT2D eigenvalue weighted by molar-refractivity contribution is -0.132. The van der Waals surface area contributed by atoms with Crippen molar-refractivity contribution in [2.24, 2.45) is 0 Å². The highest BCUT2D eigenvalue weighted by atomic mass is 79.9. The second-order valence-corrected chi connectivity index (χ2v) is 7.33. The molecule has 1 atom stereocenters. The second kappa shape index (κ2) is 9.37. The zero-order valence-corrected chi connectivity index (χ0v) is 17.1. The Labute approximate surface area is 172 Å². The van der Waals surface area contributed by atoms with E-state index in [9.17, 15) is 9.59 Å². The van der Waals surface area contributed by atoms with Crippen molar-refractivity contribution in [3.05, 3.63) is 94.4 Å². The highest BCUT2D eigenvalue weighted by molar-refractivity contribution is 9.10. The molecule has 2 amide bonds. The molecule has 6 heteroatoms. The summed E-state index contributed by atoms with van der Waals surface area (Å²) >= 11 is 3.51. The number of hydrogen-bond donors (Lipinski definition) is 1. The van der Waals surface area contributed by atoms with E-state index in [2.05, 4.69) is 21.2 Å². The van der Waals surface area contributed by atoms with E-state index in [1.807, 2.05) is 54.6 Å². The Morgan fingerprint density at radius 1 is 1.04 bits per heavy atom. The van der Waals surface area contributed by atoms with Crippen molar-refractivity contribution in [2.45, 2.75) is 19.0 Å². The van der Waals surface area contributed by atoms with Crippen LogP contribution < -0.4 is 5.32 Å². The Kier molecular flexibility index (Phi) is 6.66. The molecule has 1 heterocycles. The Morgan fingerprint density at radius 3 is 2.43 bits per heavy atom. The van der Waals surface area contributed by atoms with Crippen LogP contribution in [0.2, 0.25) is 0 Å². The van der Waals surface area contributed by atoms with Gasteiger partial charge in [-0.3, -0.25) is 9.59 Å². The van der Waals surface area contributed by atoms with Gasteiger partial charge in [0.2, 0.25) is 5.91 Å². The lowest BCUT2D eigenvalue weighted by Gasteiger charge is -2.25. The summed E-state index contributed by atoms with van der Waals surface area (Å²) in [5.74, 6) is -0.396.